The SMILES string of the molecule is CC1(C)CCC(C)(C)N1Cl. The van der Waals surface area contributed by atoms with Crippen molar-refractivity contribution in [3.8, 4) is 0 Å². The van der Waals surface area contributed by atoms with Crippen LogP contribution in [0, 0.1) is 0 Å². The molecule has 0 aliphatic carbocycles. The number of halogens is 1. The Labute approximate surface area is 68.5 Å². The molecule has 0 aromatic rings. The number of nitrogens with zero attached hydrogens (tertiary/aromatic N) is 1. The Balaban J connectivity index is 2.77. The molecule has 0 bridgehead atoms. The van der Waals surface area contributed by atoms with Crippen LogP contribution in [0.2, 0.25) is 0 Å². The van der Waals surface area contributed by atoms with E-state index in [9.17, 15) is 0 Å². The lowest BCUT2D eigenvalue weighted by molar-refractivity contribution is 0.198. The van der Waals surface area contributed by atoms with Crippen LogP contribution < -0.4 is 0 Å². The third-order valence-electron chi connectivity index (χ3n) is 2.41. The van der Waals surface area contributed by atoms with Gasteiger partial charge in [-0.15, -0.1) is 0 Å². The van der Waals surface area contributed by atoms with Crippen LogP contribution in [0.15, 0.2) is 0 Å². The van der Waals surface area contributed by atoms with E-state index in [1.807, 2.05) is 4.42 Å². The van der Waals surface area contributed by atoms with Gasteiger partial charge in [0.15, 0.2) is 0 Å². The second-order valence-corrected chi connectivity index (χ2v) is 4.74. The summed E-state index contributed by atoms with van der Waals surface area (Å²) in [6.45, 7) is 8.76. The van der Waals surface area contributed by atoms with E-state index in [4.69, 9.17) is 11.8 Å². The molecule has 0 aromatic heterocycles. The van der Waals surface area contributed by atoms with E-state index >= 15 is 0 Å². The van der Waals surface area contributed by atoms with Gasteiger partial charge in [0.1, 0.15) is 0 Å². The van der Waals surface area contributed by atoms with E-state index in [1.54, 1.807) is 0 Å². The molecule has 10 heavy (non-hydrogen) atoms. The van der Waals surface area contributed by atoms with Crippen molar-refractivity contribution in [2.45, 2.75) is 51.6 Å². The van der Waals surface area contributed by atoms with Crippen LogP contribution in [0.4, 0.5) is 0 Å². The molecule has 0 N–H and O–H groups in total. The van der Waals surface area contributed by atoms with Crippen molar-refractivity contribution in [3.05, 3.63) is 0 Å². The van der Waals surface area contributed by atoms with Crippen LogP contribution in [0.3, 0.4) is 0 Å². The lowest BCUT2D eigenvalue weighted by atomic mass is 10.0. The molecule has 0 aromatic carbocycles. The quantitative estimate of drug-likeness (QED) is 0.494. The molecule has 1 aliphatic heterocycles. The Hall–Kier alpha value is 0.250. The normalized spacial score (nSPS) is 30.9. The Kier molecular flexibility index (Phi) is 1.77. The van der Waals surface area contributed by atoms with Crippen molar-refractivity contribution in [2.75, 3.05) is 0 Å². The molecule has 0 unspecified atom stereocenters. The summed E-state index contributed by atoms with van der Waals surface area (Å²) in [5.41, 5.74) is 0.371. The summed E-state index contributed by atoms with van der Waals surface area (Å²) >= 11 is 6.13. The zero-order chi connectivity index (χ0) is 7.99. The highest BCUT2D eigenvalue weighted by atomic mass is 35.5. The van der Waals surface area contributed by atoms with E-state index in [1.165, 1.54) is 12.8 Å². The summed E-state index contributed by atoms with van der Waals surface area (Å²) in [5, 5.41) is 0. The van der Waals surface area contributed by atoms with E-state index in [0.717, 1.165) is 0 Å². The van der Waals surface area contributed by atoms with Gasteiger partial charge in [0, 0.05) is 11.1 Å². The molecular weight excluding hydrogens is 146 g/mol. The third-order valence-corrected chi connectivity index (χ3v) is 3.33. The third kappa shape index (κ3) is 1.17. The van der Waals surface area contributed by atoms with Crippen LogP contribution in [0.25, 0.3) is 0 Å². The van der Waals surface area contributed by atoms with Gasteiger partial charge in [-0.1, -0.05) is 0 Å². The Morgan fingerprint density at radius 2 is 1.30 bits per heavy atom. The minimum atomic E-state index is 0.186. The maximum atomic E-state index is 6.13. The predicted octanol–water partition coefficient (Wildman–Crippen LogP) is 2.79. The zero-order valence-corrected chi connectivity index (χ0v) is 8.00. The van der Waals surface area contributed by atoms with E-state index in [2.05, 4.69) is 27.7 Å². The van der Waals surface area contributed by atoms with E-state index in [-0.39, 0.29) is 11.1 Å². The van der Waals surface area contributed by atoms with Crippen LogP contribution in [0.1, 0.15) is 40.5 Å². The zero-order valence-electron chi connectivity index (χ0n) is 7.24. The molecule has 0 radical (unpaired) electrons. The van der Waals surface area contributed by atoms with Crippen molar-refractivity contribution in [1.29, 1.82) is 0 Å². The molecule has 0 atom stereocenters. The highest BCUT2D eigenvalue weighted by molar-refractivity contribution is 6.14. The molecule has 0 spiro atoms. The first-order valence-corrected chi connectivity index (χ1v) is 4.16. The van der Waals surface area contributed by atoms with Crippen LogP contribution in [-0.4, -0.2) is 15.5 Å². The van der Waals surface area contributed by atoms with Gasteiger partial charge in [0.25, 0.3) is 0 Å². The van der Waals surface area contributed by atoms with Gasteiger partial charge in [-0.25, -0.2) is 4.42 Å². The molecule has 60 valence electrons. The molecule has 0 amide bonds. The second-order valence-electron chi connectivity index (χ2n) is 4.41. The molecule has 1 fully saturated rings. The van der Waals surface area contributed by atoms with Crippen LogP contribution in [0.5, 0.6) is 0 Å². The van der Waals surface area contributed by atoms with Crippen molar-refractivity contribution in [2.24, 2.45) is 0 Å². The first-order chi connectivity index (χ1) is 4.36. The van der Waals surface area contributed by atoms with Crippen molar-refractivity contribution >= 4 is 11.8 Å². The monoisotopic (exact) mass is 161 g/mol. The number of hydrogen-bond acceptors (Lipinski definition) is 1. The fourth-order valence-electron chi connectivity index (χ4n) is 1.63. The smallest absolute Gasteiger partial charge is 0.0312 e. The fourth-order valence-corrected chi connectivity index (χ4v) is 1.80. The first kappa shape index (κ1) is 8.35. The van der Waals surface area contributed by atoms with Crippen molar-refractivity contribution in [3.63, 3.8) is 0 Å². The minimum Gasteiger partial charge on any atom is -0.209 e. The summed E-state index contributed by atoms with van der Waals surface area (Å²) in [6, 6.07) is 0. The number of rotatable bonds is 0. The highest BCUT2D eigenvalue weighted by Gasteiger charge is 2.43. The average Bonchev–Trinajstić information content (AvgIpc) is 1.95. The summed E-state index contributed by atoms with van der Waals surface area (Å²) in [4.78, 5) is 0. The Morgan fingerprint density at radius 1 is 1.00 bits per heavy atom. The second kappa shape index (κ2) is 2.12. The summed E-state index contributed by atoms with van der Waals surface area (Å²) in [6.07, 6.45) is 2.40. The molecule has 1 aliphatic rings. The van der Waals surface area contributed by atoms with Gasteiger partial charge >= 0.3 is 0 Å². The molecule has 1 heterocycles. The number of hydrogen-bond donors (Lipinski definition) is 0. The van der Waals surface area contributed by atoms with Crippen LogP contribution >= 0.6 is 11.8 Å². The Bertz CT molecular complexity index is 124. The molecule has 1 rings (SSSR count). The molecule has 1 saturated heterocycles. The molecule has 2 heteroatoms. The van der Waals surface area contributed by atoms with Gasteiger partial charge < -0.3 is 0 Å². The largest absolute Gasteiger partial charge is 0.209 e. The standard InChI is InChI=1S/C8H16ClN/c1-7(2)5-6-8(3,4)10(7)9/h5-6H2,1-4H3. The summed E-state index contributed by atoms with van der Waals surface area (Å²) < 4.78 is 1.96. The van der Waals surface area contributed by atoms with Crippen molar-refractivity contribution < 1.29 is 0 Å². The van der Waals surface area contributed by atoms with Gasteiger partial charge in [-0.2, -0.15) is 0 Å². The maximum absolute atomic E-state index is 6.13. The summed E-state index contributed by atoms with van der Waals surface area (Å²) in [7, 11) is 0. The maximum Gasteiger partial charge on any atom is 0.0312 e. The molecular formula is C8H16ClN. The highest BCUT2D eigenvalue weighted by Crippen LogP contribution is 2.41. The fraction of sp³-hybridized carbons (Fsp3) is 1.00. The lowest BCUT2D eigenvalue weighted by Gasteiger charge is -2.33. The topological polar surface area (TPSA) is 3.24 Å². The molecule has 0 saturated carbocycles. The van der Waals surface area contributed by atoms with Gasteiger partial charge in [-0.05, 0) is 52.3 Å². The first-order valence-electron chi connectivity index (χ1n) is 3.82. The lowest BCUT2D eigenvalue weighted by Crippen LogP contribution is -2.40. The summed E-state index contributed by atoms with van der Waals surface area (Å²) in [5.74, 6) is 0. The Morgan fingerprint density at radius 3 is 1.40 bits per heavy atom. The minimum absolute atomic E-state index is 0.186. The van der Waals surface area contributed by atoms with Gasteiger partial charge in [0.05, 0.1) is 0 Å². The van der Waals surface area contributed by atoms with Gasteiger partial charge in [-0.3, -0.25) is 0 Å². The van der Waals surface area contributed by atoms with Crippen molar-refractivity contribution in [1.82, 2.24) is 4.42 Å². The molecule has 1 nitrogen and oxygen atoms in total. The van der Waals surface area contributed by atoms with E-state index in [0.29, 0.717) is 0 Å². The van der Waals surface area contributed by atoms with E-state index < -0.39 is 0 Å². The average molecular weight is 162 g/mol. The predicted molar refractivity (Wildman–Crippen MR) is 45.1 cm³/mol. The van der Waals surface area contributed by atoms with Crippen LogP contribution in [-0.2, 0) is 0 Å². The van der Waals surface area contributed by atoms with Gasteiger partial charge in [0.2, 0.25) is 0 Å².